The van der Waals surface area contributed by atoms with Gasteiger partial charge in [-0.25, -0.2) is 4.79 Å². The number of nitrogens with zero attached hydrogens (tertiary/aromatic N) is 1. The lowest BCUT2D eigenvalue weighted by Crippen LogP contribution is -2.21. The molecule has 1 heterocycles. The first kappa shape index (κ1) is 24.9. The highest BCUT2D eigenvalue weighted by atomic mass is 19.3. The molecule has 0 radical (unpaired) electrons. The number of ether oxygens (including phenoxy) is 1. The van der Waals surface area contributed by atoms with E-state index in [4.69, 9.17) is 5.73 Å². The number of nitrogens with two attached hydrogens (primary N) is 1. The van der Waals surface area contributed by atoms with Gasteiger partial charge in [0.25, 0.3) is 0 Å². The van der Waals surface area contributed by atoms with Gasteiger partial charge in [0.05, 0.1) is 12.0 Å². The SMILES string of the molecule is C=CC(=O)C(c1c(C(=O)O)n(CC2=CCC(OC(F)F)C=C2)c2ccc(O)cc12)C(C)/C=C\N. The first-order valence-corrected chi connectivity index (χ1v) is 10.6. The van der Waals surface area contributed by atoms with Crippen molar-refractivity contribution in [1.82, 2.24) is 4.57 Å². The second-order valence-corrected chi connectivity index (χ2v) is 7.99. The molecule has 0 spiro atoms. The Morgan fingerprint density at radius 1 is 1.38 bits per heavy atom. The largest absolute Gasteiger partial charge is 0.508 e. The van der Waals surface area contributed by atoms with E-state index in [1.807, 2.05) is 0 Å². The lowest BCUT2D eigenvalue weighted by Gasteiger charge is -2.21. The minimum Gasteiger partial charge on any atom is -0.508 e. The van der Waals surface area contributed by atoms with Gasteiger partial charge in [-0.1, -0.05) is 37.8 Å². The van der Waals surface area contributed by atoms with Crippen molar-refractivity contribution in [2.24, 2.45) is 11.7 Å². The van der Waals surface area contributed by atoms with Gasteiger partial charge in [-0.2, -0.15) is 8.78 Å². The summed E-state index contributed by atoms with van der Waals surface area (Å²) in [6.07, 6.45) is 8.28. The van der Waals surface area contributed by atoms with Crippen LogP contribution in [0, 0.1) is 5.92 Å². The van der Waals surface area contributed by atoms with E-state index in [9.17, 15) is 28.6 Å². The van der Waals surface area contributed by atoms with Crippen molar-refractivity contribution in [2.75, 3.05) is 0 Å². The molecule has 1 aromatic heterocycles. The number of aromatic hydroxyl groups is 1. The first-order chi connectivity index (χ1) is 16.2. The number of halogens is 2. The number of aromatic nitrogens is 1. The molecule has 0 fully saturated rings. The standard InChI is InChI=1S/C25H26F2N2O5/c1-3-20(31)21(14(2)10-11-28)22-18-12-16(30)6-9-19(18)29(23(22)24(32)33)13-15-4-7-17(8-5-15)34-25(26)27/h3-7,9-12,14,17,21,25,30H,1,8,13,28H2,2H3,(H,32,33)/b11-10-. The van der Waals surface area contributed by atoms with Crippen LogP contribution in [0.2, 0.25) is 0 Å². The first-order valence-electron chi connectivity index (χ1n) is 10.6. The van der Waals surface area contributed by atoms with Crippen molar-refractivity contribution in [3.63, 3.8) is 0 Å². The molecule has 1 aliphatic rings. The maximum absolute atomic E-state index is 12.9. The highest BCUT2D eigenvalue weighted by molar-refractivity contribution is 6.05. The molecule has 0 saturated carbocycles. The number of phenols is 1. The zero-order valence-electron chi connectivity index (χ0n) is 18.5. The van der Waals surface area contributed by atoms with Crippen LogP contribution < -0.4 is 5.73 Å². The molecule has 7 nitrogen and oxygen atoms in total. The molecule has 3 unspecified atom stereocenters. The van der Waals surface area contributed by atoms with Crippen molar-refractivity contribution >= 4 is 22.7 Å². The topological polar surface area (TPSA) is 115 Å². The number of benzene rings is 1. The minimum atomic E-state index is -2.89. The molecule has 3 rings (SSSR count). The summed E-state index contributed by atoms with van der Waals surface area (Å²) in [6.45, 7) is 2.51. The van der Waals surface area contributed by atoms with Crippen LogP contribution in [0.25, 0.3) is 10.9 Å². The van der Waals surface area contributed by atoms with Gasteiger partial charge in [-0.05, 0) is 48.4 Å². The molecule has 4 N–H and O–H groups in total. The van der Waals surface area contributed by atoms with Gasteiger partial charge in [0.2, 0.25) is 0 Å². The van der Waals surface area contributed by atoms with Crippen LogP contribution in [0.1, 0.15) is 35.3 Å². The highest BCUT2D eigenvalue weighted by Gasteiger charge is 2.34. The van der Waals surface area contributed by atoms with Gasteiger partial charge in [0, 0.05) is 23.0 Å². The predicted octanol–water partition coefficient (Wildman–Crippen LogP) is 4.49. The minimum absolute atomic E-state index is 0.0848. The monoisotopic (exact) mass is 472 g/mol. The number of carboxylic acids is 1. The molecule has 2 aromatic rings. The highest BCUT2D eigenvalue weighted by Crippen LogP contribution is 2.39. The second-order valence-electron chi connectivity index (χ2n) is 7.99. The number of hydrogen-bond acceptors (Lipinski definition) is 5. The number of carbonyl (C=O) groups is 2. The number of hydrogen-bond donors (Lipinski definition) is 3. The molecule has 0 bridgehead atoms. The predicted molar refractivity (Wildman–Crippen MR) is 124 cm³/mol. The van der Waals surface area contributed by atoms with Gasteiger partial charge in [0.1, 0.15) is 11.4 Å². The van der Waals surface area contributed by atoms with E-state index in [-0.39, 0.29) is 35.8 Å². The van der Waals surface area contributed by atoms with Crippen LogP contribution in [0.15, 0.2) is 66.9 Å². The number of rotatable bonds is 10. The number of phenolic OH excluding ortho intramolecular Hbond substituents is 1. The molecule has 180 valence electrons. The van der Waals surface area contributed by atoms with Gasteiger partial charge < -0.3 is 25.3 Å². The summed E-state index contributed by atoms with van der Waals surface area (Å²) >= 11 is 0. The van der Waals surface area contributed by atoms with E-state index in [1.54, 1.807) is 35.8 Å². The lowest BCUT2D eigenvalue weighted by atomic mass is 9.82. The number of carbonyl (C=O) groups excluding carboxylic acids is 1. The Bertz CT molecular complexity index is 1200. The molecule has 0 aliphatic heterocycles. The third kappa shape index (κ3) is 5.09. The van der Waals surface area contributed by atoms with Crippen LogP contribution in [0.5, 0.6) is 5.75 Å². The van der Waals surface area contributed by atoms with Crippen molar-refractivity contribution in [1.29, 1.82) is 0 Å². The molecule has 0 amide bonds. The maximum Gasteiger partial charge on any atom is 0.352 e. The molecule has 1 aliphatic carbocycles. The van der Waals surface area contributed by atoms with Crippen LogP contribution in [-0.2, 0) is 16.1 Å². The van der Waals surface area contributed by atoms with E-state index < -0.39 is 30.5 Å². The van der Waals surface area contributed by atoms with Crippen LogP contribution >= 0.6 is 0 Å². The van der Waals surface area contributed by atoms with E-state index in [0.717, 1.165) is 6.08 Å². The smallest absolute Gasteiger partial charge is 0.352 e. The maximum atomic E-state index is 12.9. The summed E-state index contributed by atoms with van der Waals surface area (Å²) in [4.78, 5) is 25.4. The summed E-state index contributed by atoms with van der Waals surface area (Å²) in [7, 11) is 0. The summed E-state index contributed by atoms with van der Waals surface area (Å²) in [6, 6.07) is 4.43. The Morgan fingerprint density at radius 2 is 2.12 bits per heavy atom. The molecule has 3 atom stereocenters. The molecular weight excluding hydrogens is 446 g/mol. The average Bonchev–Trinajstić information content (AvgIpc) is 3.08. The van der Waals surface area contributed by atoms with E-state index in [0.29, 0.717) is 16.5 Å². The molecule has 9 heteroatoms. The van der Waals surface area contributed by atoms with Gasteiger partial charge in [0.15, 0.2) is 5.78 Å². The van der Waals surface area contributed by atoms with Crippen LogP contribution in [0.3, 0.4) is 0 Å². The molecule has 34 heavy (non-hydrogen) atoms. The number of aromatic carboxylic acids is 1. The van der Waals surface area contributed by atoms with Crippen molar-refractivity contribution in [3.05, 3.63) is 78.2 Å². The third-order valence-corrected chi connectivity index (χ3v) is 5.80. The van der Waals surface area contributed by atoms with Crippen molar-refractivity contribution in [3.8, 4) is 5.75 Å². The van der Waals surface area contributed by atoms with E-state index >= 15 is 0 Å². The Kier molecular flexibility index (Phi) is 7.68. The lowest BCUT2D eigenvalue weighted by molar-refractivity contribution is -0.149. The second kappa shape index (κ2) is 10.5. The Balaban J connectivity index is 2.19. The van der Waals surface area contributed by atoms with Gasteiger partial charge in [-0.15, -0.1) is 0 Å². The number of allylic oxidation sites excluding steroid dienone is 4. The van der Waals surface area contributed by atoms with Crippen molar-refractivity contribution in [2.45, 2.75) is 38.5 Å². The third-order valence-electron chi connectivity index (χ3n) is 5.80. The number of ketones is 1. The fourth-order valence-corrected chi connectivity index (χ4v) is 4.33. The van der Waals surface area contributed by atoms with Crippen molar-refractivity contribution < 1.29 is 33.3 Å². The average molecular weight is 472 g/mol. The quantitative estimate of drug-likeness (QED) is 0.439. The van der Waals surface area contributed by atoms with Gasteiger partial charge in [-0.3, -0.25) is 4.79 Å². The molecule has 1 aromatic carbocycles. The van der Waals surface area contributed by atoms with Gasteiger partial charge >= 0.3 is 12.6 Å². The van der Waals surface area contributed by atoms with Crippen LogP contribution in [0.4, 0.5) is 8.78 Å². The Hall–Kier alpha value is -3.72. The summed E-state index contributed by atoms with van der Waals surface area (Å²) < 4.78 is 31.0. The number of alkyl halides is 2. The summed E-state index contributed by atoms with van der Waals surface area (Å²) in [5.41, 5.74) is 6.86. The molecular formula is C25H26F2N2O5. The number of carboxylic acid groups (broad SMARTS) is 1. The van der Waals surface area contributed by atoms with Crippen LogP contribution in [-0.4, -0.2) is 39.2 Å². The Morgan fingerprint density at radius 3 is 2.68 bits per heavy atom. The zero-order chi connectivity index (χ0) is 25.0. The van der Waals surface area contributed by atoms with E-state index in [1.165, 1.54) is 24.4 Å². The fraction of sp³-hybridized carbons (Fsp3) is 0.280. The zero-order valence-corrected chi connectivity index (χ0v) is 18.5. The Labute approximate surface area is 195 Å². The van der Waals surface area contributed by atoms with E-state index in [2.05, 4.69) is 11.3 Å². The normalized spacial score (nSPS) is 17.8. The number of fused-ring (bicyclic) bond motifs is 1. The summed E-state index contributed by atoms with van der Waals surface area (Å²) in [5.74, 6) is -3.10. The summed E-state index contributed by atoms with van der Waals surface area (Å²) in [5, 5.41) is 20.8. The molecule has 0 saturated heterocycles. The fourth-order valence-electron chi connectivity index (χ4n) is 4.33.